The zero-order chi connectivity index (χ0) is 11.8. The summed E-state index contributed by atoms with van der Waals surface area (Å²) in [6.07, 6.45) is 2.53. The Bertz CT molecular complexity index is 306. The highest BCUT2D eigenvalue weighted by molar-refractivity contribution is 5.41. The summed E-state index contributed by atoms with van der Waals surface area (Å²) in [6.45, 7) is 4.94. The van der Waals surface area contributed by atoms with Crippen LogP contribution >= 0.6 is 0 Å². The number of aliphatic hydroxyl groups is 1. The minimum absolute atomic E-state index is 0.230. The summed E-state index contributed by atoms with van der Waals surface area (Å²) < 4.78 is 0. The Morgan fingerprint density at radius 2 is 2.38 bits per heavy atom. The Balaban J connectivity index is 2.55. The Labute approximate surface area is 96.3 Å². The van der Waals surface area contributed by atoms with Gasteiger partial charge in [0.05, 0.1) is 11.4 Å². The lowest BCUT2D eigenvalue weighted by atomic mass is 10.3. The molecule has 0 aromatic carbocycles. The predicted octanol–water partition coefficient (Wildman–Crippen LogP) is 0.571. The molecule has 5 heteroatoms. The lowest BCUT2D eigenvalue weighted by Crippen LogP contribution is -2.25. The molecule has 5 nitrogen and oxygen atoms in total. The third-order valence-corrected chi connectivity index (χ3v) is 2.45. The molecule has 0 amide bonds. The van der Waals surface area contributed by atoms with E-state index in [4.69, 9.17) is 10.9 Å². The highest BCUT2D eigenvalue weighted by atomic mass is 16.3. The molecule has 16 heavy (non-hydrogen) atoms. The van der Waals surface area contributed by atoms with E-state index in [1.54, 1.807) is 6.20 Å². The number of rotatable bonds is 7. The Morgan fingerprint density at radius 1 is 1.56 bits per heavy atom. The maximum atomic E-state index is 8.79. The number of nitrogens with two attached hydrogens (primary N) is 1. The van der Waals surface area contributed by atoms with E-state index in [1.807, 2.05) is 12.1 Å². The van der Waals surface area contributed by atoms with Crippen molar-refractivity contribution >= 4 is 5.69 Å². The smallest absolute Gasteiger partial charge is 0.0564 e. The number of aliphatic hydroxyl groups excluding tert-OH is 1. The molecule has 0 aliphatic carbocycles. The molecule has 90 valence electrons. The summed E-state index contributed by atoms with van der Waals surface area (Å²) in [5.74, 6) is 5.34. The third-order valence-electron chi connectivity index (χ3n) is 2.45. The fourth-order valence-corrected chi connectivity index (χ4v) is 1.53. The third kappa shape index (κ3) is 4.14. The SMILES string of the molecule is CCN(CCCO)Cc1cc(NN)ccn1. The zero-order valence-electron chi connectivity index (χ0n) is 9.69. The molecule has 0 atom stereocenters. The highest BCUT2D eigenvalue weighted by Crippen LogP contribution is 2.08. The number of nitrogen functional groups attached to an aromatic ring is 1. The van der Waals surface area contributed by atoms with Crippen LogP contribution in [0.4, 0.5) is 5.69 Å². The van der Waals surface area contributed by atoms with E-state index < -0.39 is 0 Å². The van der Waals surface area contributed by atoms with E-state index >= 15 is 0 Å². The van der Waals surface area contributed by atoms with Crippen LogP contribution in [0, 0.1) is 0 Å². The number of nitrogens with zero attached hydrogens (tertiary/aromatic N) is 2. The second-order valence-corrected chi connectivity index (χ2v) is 3.63. The lowest BCUT2D eigenvalue weighted by molar-refractivity contribution is 0.224. The van der Waals surface area contributed by atoms with E-state index in [-0.39, 0.29) is 6.61 Å². The van der Waals surface area contributed by atoms with E-state index in [0.717, 1.165) is 37.4 Å². The van der Waals surface area contributed by atoms with Gasteiger partial charge in [-0.05, 0) is 25.1 Å². The Kier molecular flexibility index (Phi) is 5.77. The van der Waals surface area contributed by atoms with Crippen molar-refractivity contribution in [2.24, 2.45) is 5.84 Å². The first-order chi connectivity index (χ1) is 7.80. The molecule has 1 rings (SSSR count). The summed E-state index contributed by atoms with van der Waals surface area (Å²) in [6, 6.07) is 3.76. The first-order valence-corrected chi connectivity index (χ1v) is 5.55. The summed E-state index contributed by atoms with van der Waals surface area (Å²) in [7, 11) is 0. The molecule has 0 fully saturated rings. The number of aromatic nitrogens is 1. The summed E-state index contributed by atoms with van der Waals surface area (Å²) in [5.41, 5.74) is 4.45. The number of hydrazine groups is 1. The van der Waals surface area contributed by atoms with Gasteiger partial charge in [0, 0.05) is 25.9 Å². The van der Waals surface area contributed by atoms with Crippen LogP contribution in [0.2, 0.25) is 0 Å². The van der Waals surface area contributed by atoms with Crippen LogP contribution in [-0.2, 0) is 6.54 Å². The van der Waals surface area contributed by atoms with Crippen LogP contribution in [0.1, 0.15) is 19.0 Å². The highest BCUT2D eigenvalue weighted by Gasteiger charge is 2.04. The molecule has 1 aromatic heterocycles. The lowest BCUT2D eigenvalue weighted by Gasteiger charge is -2.19. The summed E-state index contributed by atoms with van der Waals surface area (Å²) in [5, 5.41) is 8.79. The number of nitrogens with one attached hydrogen (secondary N) is 1. The second kappa shape index (κ2) is 7.16. The fourth-order valence-electron chi connectivity index (χ4n) is 1.53. The molecule has 0 unspecified atom stereocenters. The van der Waals surface area contributed by atoms with Crippen molar-refractivity contribution in [1.29, 1.82) is 0 Å². The van der Waals surface area contributed by atoms with Gasteiger partial charge in [0.2, 0.25) is 0 Å². The van der Waals surface area contributed by atoms with Crippen LogP contribution in [0.3, 0.4) is 0 Å². The summed E-state index contributed by atoms with van der Waals surface area (Å²) >= 11 is 0. The molecular weight excluding hydrogens is 204 g/mol. The van der Waals surface area contributed by atoms with Gasteiger partial charge in [-0.25, -0.2) is 0 Å². The van der Waals surface area contributed by atoms with Crippen molar-refractivity contribution in [1.82, 2.24) is 9.88 Å². The van der Waals surface area contributed by atoms with Gasteiger partial charge in [0.25, 0.3) is 0 Å². The standard InChI is InChI=1S/C11H20N4O/c1-2-15(6-3-7-16)9-11-8-10(14-12)4-5-13-11/h4-5,8,16H,2-3,6-7,9,12H2,1H3,(H,13,14). The van der Waals surface area contributed by atoms with E-state index in [9.17, 15) is 0 Å². The normalized spacial score (nSPS) is 10.8. The zero-order valence-corrected chi connectivity index (χ0v) is 9.69. The quantitative estimate of drug-likeness (QED) is 0.466. The number of anilines is 1. The Morgan fingerprint density at radius 3 is 3.00 bits per heavy atom. The molecular formula is C11H20N4O. The van der Waals surface area contributed by atoms with Gasteiger partial charge in [0.1, 0.15) is 0 Å². The number of pyridine rings is 1. The maximum absolute atomic E-state index is 8.79. The molecule has 0 bridgehead atoms. The van der Waals surface area contributed by atoms with Crippen molar-refractivity contribution in [2.75, 3.05) is 25.1 Å². The monoisotopic (exact) mass is 224 g/mol. The van der Waals surface area contributed by atoms with Gasteiger partial charge >= 0.3 is 0 Å². The number of hydrogen-bond donors (Lipinski definition) is 3. The van der Waals surface area contributed by atoms with Gasteiger partial charge < -0.3 is 10.5 Å². The van der Waals surface area contributed by atoms with Gasteiger partial charge in [-0.3, -0.25) is 15.7 Å². The minimum Gasteiger partial charge on any atom is -0.396 e. The summed E-state index contributed by atoms with van der Waals surface area (Å²) in [4.78, 5) is 6.52. The molecule has 1 aromatic rings. The van der Waals surface area contributed by atoms with Gasteiger partial charge in [-0.1, -0.05) is 6.92 Å². The topological polar surface area (TPSA) is 74.4 Å². The molecule has 0 aliphatic heterocycles. The van der Waals surface area contributed by atoms with Crippen LogP contribution < -0.4 is 11.3 Å². The van der Waals surface area contributed by atoms with E-state index in [0.29, 0.717) is 0 Å². The largest absolute Gasteiger partial charge is 0.396 e. The van der Waals surface area contributed by atoms with Gasteiger partial charge in [0.15, 0.2) is 0 Å². The maximum Gasteiger partial charge on any atom is 0.0564 e. The predicted molar refractivity (Wildman–Crippen MR) is 64.7 cm³/mol. The molecule has 0 saturated carbocycles. The minimum atomic E-state index is 0.230. The fraction of sp³-hybridized carbons (Fsp3) is 0.545. The van der Waals surface area contributed by atoms with Crippen LogP contribution in [0.15, 0.2) is 18.3 Å². The molecule has 1 heterocycles. The average molecular weight is 224 g/mol. The van der Waals surface area contributed by atoms with E-state index in [1.165, 1.54) is 0 Å². The number of hydrogen-bond acceptors (Lipinski definition) is 5. The first-order valence-electron chi connectivity index (χ1n) is 5.55. The van der Waals surface area contributed by atoms with Crippen molar-refractivity contribution < 1.29 is 5.11 Å². The van der Waals surface area contributed by atoms with Crippen LogP contribution in [0.25, 0.3) is 0 Å². The van der Waals surface area contributed by atoms with Crippen molar-refractivity contribution in [2.45, 2.75) is 19.9 Å². The molecule has 0 radical (unpaired) electrons. The molecule has 4 N–H and O–H groups in total. The molecule has 0 saturated heterocycles. The Hall–Kier alpha value is -1.17. The van der Waals surface area contributed by atoms with Crippen molar-refractivity contribution in [3.05, 3.63) is 24.0 Å². The first kappa shape index (κ1) is 12.9. The van der Waals surface area contributed by atoms with Gasteiger partial charge in [-0.2, -0.15) is 0 Å². The van der Waals surface area contributed by atoms with Crippen molar-refractivity contribution in [3.8, 4) is 0 Å². The van der Waals surface area contributed by atoms with Gasteiger partial charge in [-0.15, -0.1) is 0 Å². The van der Waals surface area contributed by atoms with Crippen molar-refractivity contribution in [3.63, 3.8) is 0 Å². The van der Waals surface area contributed by atoms with E-state index in [2.05, 4.69) is 22.2 Å². The second-order valence-electron chi connectivity index (χ2n) is 3.63. The van der Waals surface area contributed by atoms with Crippen LogP contribution in [-0.4, -0.2) is 34.7 Å². The molecule has 0 aliphatic rings. The molecule has 0 spiro atoms. The average Bonchev–Trinajstić information content (AvgIpc) is 2.34. The van der Waals surface area contributed by atoms with Crippen LogP contribution in [0.5, 0.6) is 0 Å².